The van der Waals surface area contributed by atoms with E-state index < -0.39 is 66.9 Å². The number of alkyl halides is 6. The zero-order chi connectivity index (χ0) is 22.3. The number of hydrogen-bond donors (Lipinski definition) is 3. The maximum Gasteiger partial charge on any atom is 0.418 e. The molecule has 3 N–H and O–H groups in total. The van der Waals surface area contributed by atoms with Crippen molar-refractivity contribution < 1.29 is 36.8 Å². The SMILES string of the molecule is [O-]N([O-])c1cc(C(F)(F)F)c(Cl)c(N(O)O)c1Nc1ncc(C(F)(F)F)cc1Cl. The molecule has 0 spiro atoms. The lowest BCUT2D eigenvalue weighted by Crippen LogP contribution is -2.19. The summed E-state index contributed by atoms with van der Waals surface area (Å²) in [5.74, 6) is -0.665. The quantitative estimate of drug-likeness (QED) is 0.396. The Kier molecular flexibility index (Phi) is 6.27. The van der Waals surface area contributed by atoms with Crippen molar-refractivity contribution in [2.24, 2.45) is 0 Å². The first kappa shape index (κ1) is 23.1. The van der Waals surface area contributed by atoms with Gasteiger partial charge in [-0.05, 0) is 12.1 Å². The van der Waals surface area contributed by atoms with E-state index in [1.807, 2.05) is 5.32 Å². The molecule has 2 aromatic rings. The second-order valence-electron chi connectivity index (χ2n) is 5.20. The van der Waals surface area contributed by atoms with E-state index in [4.69, 9.17) is 23.2 Å². The highest BCUT2D eigenvalue weighted by Gasteiger charge is 2.37. The van der Waals surface area contributed by atoms with Gasteiger partial charge in [0.25, 0.3) is 0 Å². The van der Waals surface area contributed by atoms with Gasteiger partial charge in [0.2, 0.25) is 0 Å². The molecule has 1 heterocycles. The van der Waals surface area contributed by atoms with Crippen LogP contribution in [-0.2, 0) is 12.4 Å². The molecule has 0 amide bonds. The number of benzene rings is 1. The Morgan fingerprint density at radius 3 is 2.00 bits per heavy atom. The van der Waals surface area contributed by atoms with E-state index in [-0.39, 0.29) is 6.07 Å². The zero-order valence-corrected chi connectivity index (χ0v) is 14.8. The van der Waals surface area contributed by atoms with Crippen LogP contribution in [0, 0.1) is 10.4 Å². The largest absolute Gasteiger partial charge is 0.769 e. The molecule has 160 valence electrons. The van der Waals surface area contributed by atoms with Gasteiger partial charge >= 0.3 is 12.4 Å². The smallest absolute Gasteiger partial charge is 0.418 e. The van der Waals surface area contributed by atoms with Crippen molar-refractivity contribution in [3.05, 3.63) is 49.9 Å². The van der Waals surface area contributed by atoms with Gasteiger partial charge in [0.15, 0.2) is 0 Å². The van der Waals surface area contributed by atoms with Crippen LogP contribution < -0.4 is 15.8 Å². The molecular formula is C13H6Cl2F6N4O4-2. The average molecular weight is 467 g/mol. The third-order valence-corrected chi connectivity index (χ3v) is 4.00. The van der Waals surface area contributed by atoms with E-state index in [1.54, 1.807) is 0 Å². The lowest BCUT2D eigenvalue weighted by atomic mass is 10.1. The van der Waals surface area contributed by atoms with Crippen molar-refractivity contribution in [2.45, 2.75) is 12.4 Å². The van der Waals surface area contributed by atoms with Crippen LogP contribution in [0.25, 0.3) is 0 Å². The molecule has 2 rings (SSSR count). The number of aromatic nitrogens is 1. The third kappa shape index (κ3) is 4.85. The molecule has 1 aromatic heterocycles. The predicted octanol–water partition coefficient (Wildman–Crippen LogP) is 5.56. The van der Waals surface area contributed by atoms with Crippen molar-refractivity contribution in [3.8, 4) is 0 Å². The first-order valence-electron chi connectivity index (χ1n) is 6.90. The Labute approximate surface area is 166 Å². The Morgan fingerprint density at radius 1 is 1.00 bits per heavy atom. The molecule has 0 aliphatic rings. The molecular weight excluding hydrogens is 461 g/mol. The minimum atomic E-state index is -5.21. The number of pyridine rings is 1. The second-order valence-corrected chi connectivity index (χ2v) is 5.99. The van der Waals surface area contributed by atoms with Crippen LogP contribution in [0.5, 0.6) is 0 Å². The molecule has 0 saturated carbocycles. The molecule has 0 atom stereocenters. The van der Waals surface area contributed by atoms with Gasteiger partial charge in [0, 0.05) is 11.9 Å². The molecule has 1 aromatic carbocycles. The van der Waals surface area contributed by atoms with Gasteiger partial charge in [-0.3, -0.25) is 10.4 Å². The molecule has 0 aliphatic carbocycles. The third-order valence-electron chi connectivity index (χ3n) is 3.33. The maximum absolute atomic E-state index is 13.1. The van der Waals surface area contributed by atoms with Crippen LogP contribution in [0.15, 0.2) is 18.3 Å². The van der Waals surface area contributed by atoms with E-state index in [2.05, 4.69) is 4.98 Å². The highest BCUT2D eigenvalue weighted by Crippen LogP contribution is 2.49. The number of halogens is 8. The fourth-order valence-corrected chi connectivity index (χ4v) is 2.64. The van der Waals surface area contributed by atoms with Crippen LogP contribution >= 0.6 is 23.2 Å². The Bertz CT molecular complexity index is 924. The minimum Gasteiger partial charge on any atom is -0.769 e. The van der Waals surface area contributed by atoms with Gasteiger partial charge in [-0.15, -0.1) is 5.23 Å². The molecule has 29 heavy (non-hydrogen) atoms. The van der Waals surface area contributed by atoms with Crippen LogP contribution in [0.4, 0.5) is 49.2 Å². The van der Waals surface area contributed by atoms with E-state index in [1.165, 1.54) is 0 Å². The fraction of sp³-hybridized carbons (Fsp3) is 0.154. The summed E-state index contributed by atoms with van der Waals surface area (Å²) in [5, 5.41) is 38.6. The number of nitrogens with zero attached hydrogens (tertiary/aromatic N) is 3. The summed E-state index contributed by atoms with van der Waals surface area (Å²) >= 11 is 11.2. The second kappa shape index (κ2) is 7.89. The van der Waals surface area contributed by atoms with Gasteiger partial charge in [-0.25, -0.2) is 4.98 Å². The fourth-order valence-electron chi connectivity index (χ4n) is 2.10. The summed E-state index contributed by atoms with van der Waals surface area (Å²) < 4.78 is 77.2. The molecule has 0 unspecified atom stereocenters. The predicted molar refractivity (Wildman–Crippen MR) is 89.3 cm³/mol. The first-order valence-corrected chi connectivity index (χ1v) is 7.66. The topological polar surface area (TPSA) is 118 Å². The number of anilines is 4. The summed E-state index contributed by atoms with van der Waals surface area (Å²) in [5.41, 5.74) is -6.73. The average Bonchev–Trinajstić information content (AvgIpc) is 2.53. The Hall–Kier alpha value is -2.23. The molecule has 0 radical (unpaired) electrons. The summed E-state index contributed by atoms with van der Waals surface area (Å²) in [7, 11) is 0. The molecule has 16 heteroatoms. The van der Waals surface area contributed by atoms with Gasteiger partial charge in [0.05, 0.1) is 26.9 Å². The normalized spacial score (nSPS) is 12.1. The van der Waals surface area contributed by atoms with Crippen molar-refractivity contribution in [3.63, 3.8) is 0 Å². The molecule has 0 saturated heterocycles. The first-order chi connectivity index (χ1) is 13.1. The summed E-state index contributed by atoms with van der Waals surface area (Å²) in [6.07, 6.45) is -9.74. The van der Waals surface area contributed by atoms with E-state index in [0.717, 1.165) is 0 Å². The highest BCUT2D eigenvalue weighted by atomic mass is 35.5. The summed E-state index contributed by atoms with van der Waals surface area (Å²) in [6.45, 7) is 0. The summed E-state index contributed by atoms with van der Waals surface area (Å²) in [4.78, 5) is 3.31. The zero-order valence-electron chi connectivity index (χ0n) is 13.3. The maximum atomic E-state index is 13.1. The van der Waals surface area contributed by atoms with Crippen molar-refractivity contribution in [1.82, 2.24) is 4.98 Å². The molecule has 0 aliphatic heterocycles. The standard InChI is InChI=1S/C13H6Cl2F6N4O4/c14-6-1-4(12(16,17)18)3-22-11(6)23-9-7(24(26)27)2-5(13(19,20)21)8(15)10(9)25(28)29/h1-3,28-29H,(H,22,23)/q-2. The van der Waals surface area contributed by atoms with E-state index in [9.17, 15) is 47.2 Å². The molecule has 0 fully saturated rings. The van der Waals surface area contributed by atoms with E-state index in [0.29, 0.717) is 12.3 Å². The van der Waals surface area contributed by atoms with Crippen LogP contribution in [0.2, 0.25) is 10.0 Å². The van der Waals surface area contributed by atoms with Crippen molar-refractivity contribution >= 4 is 46.1 Å². The van der Waals surface area contributed by atoms with Crippen molar-refractivity contribution in [1.29, 1.82) is 0 Å². The van der Waals surface area contributed by atoms with Crippen molar-refractivity contribution in [2.75, 3.05) is 15.8 Å². The van der Waals surface area contributed by atoms with E-state index >= 15 is 0 Å². The number of nitrogens with one attached hydrogen (secondary N) is 1. The number of hydrogen-bond acceptors (Lipinski definition) is 8. The summed E-state index contributed by atoms with van der Waals surface area (Å²) in [6, 6.07) is 0.388. The number of rotatable bonds is 4. The van der Waals surface area contributed by atoms with Crippen LogP contribution in [0.1, 0.15) is 11.1 Å². The van der Waals surface area contributed by atoms with Gasteiger partial charge in [0.1, 0.15) is 11.5 Å². The Morgan fingerprint density at radius 2 is 1.59 bits per heavy atom. The van der Waals surface area contributed by atoms with Gasteiger partial charge in [-0.1, -0.05) is 23.2 Å². The monoisotopic (exact) mass is 466 g/mol. The molecule has 0 bridgehead atoms. The molecule has 8 nitrogen and oxygen atoms in total. The minimum absolute atomic E-state index is 0.00431. The Balaban J connectivity index is 2.71. The van der Waals surface area contributed by atoms with Crippen LogP contribution in [0.3, 0.4) is 0 Å². The highest BCUT2D eigenvalue weighted by molar-refractivity contribution is 6.35. The lowest BCUT2D eigenvalue weighted by molar-refractivity contribution is -0.138. The van der Waals surface area contributed by atoms with Gasteiger partial charge < -0.3 is 21.0 Å². The van der Waals surface area contributed by atoms with Gasteiger partial charge in [-0.2, -0.15) is 26.3 Å². The van der Waals surface area contributed by atoms with Crippen LogP contribution in [-0.4, -0.2) is 15.4 Å². The lowest BCUT2D eigenvalue weighted by Gasteiger charge is -2.40.